The van der Waals surface area contributed by atoms with Gasteiger partial charge in [0.15, 0.2) is 0 Å². The first-order chi connectivity index (χ1) is 17.9. The fourth-order valence-corrected chi connectivity index (χ4v) is 5.50. The molecule has 1 aliphatic rings. The van der Waals surface area contributed by atoms with Crippen molar-refractivity contribution in [1.82, 2.24) is 9.88 Å². The van der Waals surface area contributed by atoms with E-state index >= 15 is 0 Å². The number of benzene rings is 3. The van der Waals surface area contributed by atoms with E-state index in [9.17, 15) is 4.39 Å². The van der Waals surface area contributed by atoms with Crippen molar-refractivity contribution in [2.75, 3.05) is 26.2 Å². The Morgan fingerprint density at radius 3 is 2.57 bits per heavy atom. The van der Waals surface area contributed by atoms with Crippen LogP contribution in [0.3, 0.4) is 0 Å². The second-order valence-corrected chi connectivity index (χ2v) is 10.1. The molecule has 0 aliphatic carbocycles. The lowest BCUT2D eigenvalue weighted by atomic mass is 9.93. The third-order valence-corrected chi connectivity index (χ3v) is 7.54. The minimum Gasteiger partial charge on any atom is -0.492 e. The van der Waals surface area contributed by atoms with Crippen molar-refractivity contribution in [2.45, 2.75) is 13.3 Å². The number of halogens is 3. The van der Waals surface area contributed by atoms with E-state index in [4.69, 9.17) is 33.2 Å². The van der Waals surface area contributed by atoms with Crippen LogP contribution >= 0.6 is 23.2 Å². The first kappa shape index (κ1) is 25.4. The van der Waals surface area contributed by atoms with E-state index in [2.05, 4.69) is 16.0 Å². The molecule has 1 N–H and O–H groups in total. The number of ether oxygens (including phenoxy) is 1. The zero-order valence-corrected chi connectivity index (χ0v) is 21.9. The number of hydrogen-bond donors (Lipinski definition) is 1. The Kier molecular flexibility index (Phi) is 7.53. The van der Waals surface area contributed by atoms with E-state index in [1.54, 1.807) is 6.07 Å². The van der Waals surface area contributed by atoms with Crippen LogP contribution in [0, 0.1) is 23.1 Å². The summed E-state index contributed by atoms with van der Waals surface area (Å²) < 4.78 is 19.8. The predicted molar refractivity (Wildman–Crippen MR) is 148 cm³/mol. The minimum atomic E-state index is -0.382. The van der Waals surface area contributed by atoms with Crippen LogP contribution < -0.4 is 4.74 Å². The van der Waals surface area contributed by atoms with Gasteiger partial charge in [-0.15, -0.1) is 0 Å². The zero-order valence-electron chi connectivity index (χ0n) is 20.4. The highest BCUT2D eigenvalue weighted by Gasteiger charge is 2.25. The van der Waals surface area contributed by atoms with Gasteiger partial charge in [0.1, 0.15) is 18.2 Å². The van der Waals surface area contributed by atoms with Crippen molar-refractivity contribution in [2.24, 2.45) is 5.92 Å². The van der Waals surface area contributed by atoms with E-state index in [0.717, 1.165) is 64.3 Å². The maximum absolute atomic E-state index is 13.8. The molecule has 1 fully saturated rings. The number of para-hydroxylation sites is 1. The van der Waals surface area contributed by atoms with Gasteiger partial charge in [-0.25, -0.2) is 4.39 Å². The van der Waals surface area contributed by atoms with Crippen molar-refractivity contribution in [3.8, 4) is 11.8 Å². The lowest BCUT2D eigenvalue weighted by Crippen LogP contribution is -2.47. The maximum atomic E-state index is 13.8. The van der Waals surface area contributed by atoms with E-state index in [0.29, 0.717) is 29.0 Å². The van der Waals surface area contributed by atoms with Crippen LogP contribution in [0.4, 0.5) is 4.39 Å². The molecule has 0 atom stereocenters. The van der Waals surface area contributed by atoms with E-state index < -0.39 is 0 Å². The monoisotopic (exact) mass is 533 g/mol. The summed E-state index contributed by atoms with van der Waals surface area (Å²) in [5.41, 5.74) is 5.13. The van der Waals surface area contributed by atoms with Gasteiger partial charge >= 0.3 is 0 Å². The summed E-state index contributed by atoms with van der Waals surface area (Å²) in [6.45, 7) is 5.30. The Bertz CT molecular complexity index is 1500. The largest absolute Gasteiger partial charge is 0.492 e. The molecule has 0 spiro atoms. The van der Waals surface area contributed by atoms with Gasteiger partial charge in [0.05, 0.1) is 21.8 Å². The van der Waals surface area contributed by atoms with Crippen LogP contribution in [0.1, 0.15) is 30.2 Å². The summed E-state index contributed by atoms with van der Waals surface area (Å²) in [7, 11) is 0. The molecule has 4 nitrogen and oxygen atoms in total. The molecule has 4 aromatic rings. The molecular weight excluding hydrogens is 508 g/mol. The number of fused-ring (bicyclic) bond motifs is 1. The average Bonchev–Trinajstić information content (AvgIpc) is 3.19. The van der Waals surface area contributed by atoms with Crippen molar-refractivity contribution >= 4 is 45.3 Å². The number of likely N-dealkylation sites (tertiary alicyclic amines) is 1. The SMILES string of the molecule is C/C(=C(/c1ccc(OCCN2CC(CC#N)C2)cc1)c1[nH]c2ccccc2c1Cl)c1ccc(F)cc1Cl. The van der Waals surface area contributed by atoms with Crippen molar-refractivity contribution in [1.29, 1.82) is 5.26 Å². The second-order valence-electron chi connectivity index (χ2n) is 9.34. The summed E-state index contributed by atoms with van der Waals surface area (Å²) in [6.07, 6.45) is 0.623. The Labute approximate surface area is 225 Å². The van der Waals surface area contributed by atoms with Crippen LogP contribution in [-0.2, 0) is 0 Å². The Balaban J connectivity index is 1.44. The molecule has 5 rings (SSSR count). The maximum Gasteiger partial charge on any atom is 0.124 e. The number of H-pyrrole nitrogens is 1. The molecule has 7 heteroatoms. The third kappa shape index (κ3) is 5.38. The topological polar surface area (TPSA) is 52.0 Å². The van der Waals surface area contributed by atoms with Gasteiger partial charge < -0.3 is 9.72 Å². The van der Waals surface area contributed by atoms with E-state index in [1.807, 2.05) is 55.5 Å². The smallest absolute Gasteiger partial charge is 0.124 e. The standard InChI is InChI=1S/C30H26Cl2FN3O/c1-19(24-11-8-22(33)16-26(24)31)28(30-29(32)25-4-2-3-5-27(25)35-30)21-6-9-23(10-7-21)37-15-14-36-17-20(18-36)12-13-34/h2-11,16,20,35H,12,14-15,17-18H2,1H3/b28-19+. The summed E-state index contributed by atoms with van der Waals surface area (Å²) in [4.78, 5) is 5.76. The Morgan fingerprint density at radius 1 is 1.11 bits per heavy atom. The van der Waals surface area contributed by atoms with Gasteiger partial charge in [-0.3, -0.25) is 4.90 Å². The lowest BCUT2D eigenvalue weighted by Gasteiger charge is -2.37. The molecule has 3 aromatic carbocycles. The number of nitriles is 1. The number of nitrogens with one attached hydrogen (secondary N) is 1. The van der Waals surface area contributed by atoms with E-state index in [-0.39, 0.29) is 5.82 Å². The van der Waals surface area contributed by atoms with Gasteiger partial charge in [-0.05, 0) is 59.9 Å². The van der Waals surface area contributed by atoms with Crippen LogP contribution in [0.15, 0.2) is 66.7 Å². The third-order valence-electron chi connectivity index (χ3n) is 6.83. The van der Waals surface area contributed by atoms with Crippen LogP contribution in [0.2, 0.25) is 10.0 Å². The minimum absolute atomic E-state index is 0.338. The van der Waals surface area contributed by atoms with Crippen molar-refractivity contribution in [3.05, 3.63) is 99.4 Å². The average molecular weight is 534 g/mol. The summed E-state index contributed by atoms with van der Waals surface area (Å²) in [6, 6.07) is 22.4. The van der Waals surface area contributed by atoms with Crippen molar-refractivity contribution in [3.63, 3.8) is 0 Å². The highest BCUT2D eigenvalue weighted by Crippen LogP contribution is 2.40. The highest BCUT2D eigenvalue weighted by molar-refractivity contribution is 6.38. The number of nitrogens with zero attached hydrogens (tertiary/aromatic N) is 2. The number of aromatic amines is 1. The van der Waals surface area contributed by atoms with Crippen LogP contribution in [0.25, 0.3) is 22.0 Å². The zero-order chi connectivity index (χ0) is 25.9. The molecule has 0 bridgehead atoms. The fourth-order valence-electron chi connectivity index (χ4n) is 4.88. The van der Waals surface area contributed by atoms with Crippen LogP contribution in [-0.4, -0.2) is 36.1 Å². The van der Waals surface area contributed by atoms with Gasteiger partial charge in [-0.2, -0.15) is 5.26 Å². The number of hydrogen-bond acceptors (Lipinski definition) is 3. The second kappa shape index (κ2) is 11.0. The molecule has 1 saturated heterocycles. The van der Waals surface area contributed by atoms with Crippen LogP contribution in [0.5, 0.6) is 5.75 Å². The molecule has 0 amide bonds. The number of aromatic nitrogens is 1. The summed E-state index contributed by atoms with van der Waals surface area (Å²) in [5.74, 6) is 0.883. The Hall–Kier alpha value is -3.30. The lowest BCUT2D eigenvalue weighted by molar-refractivity contribution is 0.0854. The fraction of sp³-hybridized carbons (Fsp3) is 0.233. The molecule has 1 aromatic heterocycles. The van der Waals surface area contributed by atoms with E-state index in [1.165, 1.54) is 12.1 Å². The molecule has 1 aliphatic heterocycles. The first-order valence-electron chi connectivity index (χ1n) is 12.2. The summed E-state index contributed by atoms with van der Waals surface area (Å²) >= 11 is 13.3. The highest BCUT2D eigenvalue weighted by atomic mass is 35.5. The number of allylic oxidation sites excluding steroid dienone is 1. The quantitative estimate of drug-likeness (QED) is 0.235. The van der Waals surface area contributed by atoms with Gasteiger partial charge in [0, 0.05) is 42.5 Å². The first-order valence-corrected chi connectivity index (χ1v) is 13.0. The molecule has 37 heavy (non-hydrogen) atoms. The molecular formula is C30H26Cl2FN3O. The predicted octanol–water partition coefficient (Wildman–Crippen LogP) is 7.82. The number of rotatable bonds is 8. The molecule has 0 saturated carbocycles. The normalized spacial score (nSPS) is 14.8. The van der Waals surface area contributed by atoms with Crippen molar-refractivity contribution < 1.29 is 9.13 Å². The Morgan fingerprint density at radius 2 is 1.86 bits per heavy atom. The molecule has 0 unspecified atom stereocenters. The van der Waals surface area contributed by atoms with Gasteiger partial charge in [-0.1, -0.05) is 59.6 Å². The summed E-state index contributed by atoms with van der Waals surface area (Å²) in [5, 5.41) is 10.7. The van der Waals surface area contributed by atoms with Gasteiger partial charge in [0.2, 0.25) is 0 Å². The molecule has 188 valence electrons. The molecule has 2 heterocycles. The van der Waals surface area contributed by atoms with Gasteiger partial charge in [0.25, 0.3) is 0 Å². The molecule has 0 radical (unpaired) electrons.